The fraction of sp³-hybridized carbons (Fsp3) is 1.00. The van der Waals surface area contributed by atoms with Crippen LogP contribution in [0, 0.1) is 0 Å². The summed E-state index contributed by atoms with van der Waals surface area (Å²) in [5.41, 5.74) is 0. The van der Waals surface area contributed by atoms with Crippen LogP contribution in [-0.4, -0.2) is 34.2 Å². The van der Waals surface area contributed by atoms with Gasteiger partial charge in [0.25, 0.3) is 6.57 Å². The van der Waals surface area contributed by atoms with Crippen molar-refractivity contribution in [2.75, 3.05) is 23.9 Å². The standard InChI is InChI=1S/C8H19F2O5P3S3/c1-5-19-16(4,11)15-18(14,21-7-3)8(9,10)17(12,13)20-6-2/h5-7H2,1-4H3,(H,12,13). The van der Waals surface area contributed by atoms with Crippen LogP contribution in [0.25, 0.3) is 0 Å². The van der Waals surface area contributed by atoms with E-state index in [-0.39, 0.29) is 34.3 Å². The lowest BCUT2D eigenvalue weighted by Gasteiger charge is -2.30. The van der Waals surface area contributed by atoms with Gasteiger partial charge in [-0.1, -0.05) is 54.9 Å². The molecule has 0 spiro atoms. The van der Waals surface area contributed by atoms with Gasteiger partial charge in [0, 0.05) is 6.66 Å². The van der Waals surface area contributed by atoms with E-state index in [2.05, 4.69) is 0 Å². The largest absolute Gasteiger partial charge is 0.412 e. The summed E-state index contributed by atoms with van der Waals surface area (Å²) in [7, 11) is 0. The number of alkyl halides is 2. The molecule has 0 aliphatic rings. The zero-order valence-corrected chi connectivity index (χ0v) is 17.2. The summed E-state index contributed by atoms with van der Waals surface area (Å²) in [4.78, 5) is 9.54. The van der Waals surface area contributed by atoms with Crippen LogP contribution in [0.5, 0.6) is 0 Å². The van der Waals surface area contributed by atoms with Gasteiger partial charge in [-0.05, 0) is 17.3 Å². The highest BCUT2D eigenvalue weighted by Crippen LogP contribution is 2.89. The molecule has 3 atom stereocenters. The molecule has 0 aromatic heterocycles. The van der Waals surface area contributed by atoms with E-state index >= 15 is 0 Å². The first-order chi connectivity index (χ1) is 9.39. The second-order valence-corrected chi connectivity index (χ2v) is 19.1. The Kier molecular flexibility index (Phi) is 9.19. The van der Waals surface area contributed by atoms with E-state index in [4.69, 9.17) is 4.31 Å². The lowest BCUT2D eigenvalue weighted by molar-refractivity contribution is 0.158. The van der Waals surface area contributed by atoms with Crippen LogP contribution in [0.1, 0.15) is 20.8 Å². The SMILES string of the molecule is CCSP(C)(=O)OP(=O)(SCC)C(F)(F)P(=O)(O)SCC. The average Bonchev–Trinajstić information content (AvgIpc) is 2.27. The summed E-state index contributed by atoms with van der Waals surface area (Å²) in [5, 5.41) is -4.46. The molecule has 0 amide bonds. The Morgan fingerprint density at radius 3 is 1.81 bits per heavy atom. The Morgan fingerprint density at radius 2 is 1.43 bits per heavy atom. The zero-order chi connectivity index (χ0) is 16.9. The molecule has 1 N–H and O–H groups in total. The minimum atomic E-state index is -5.11. The molecule has 13 heteroatoms. The maximum Gasteiger partial charge on any atom is 0.412 e. The maximum atomic E-state index is 14.3. The summed E-state index contributed by atoms with van der Waals surface area (Å²) in [6.45, 7) is -8.07. The van der Waals surface area contributed by atoms with Gasteiger partial charge in [0.05, 0.1) is 0 Å². The van der Waals surface area contributed by atoms with Crippen molar-refractivity contribution in [1.82, 2.24) is 0 Å². The van der Waals surface area contributed by atoms with Gasteiger partial charge >= 0.3 is 18.5 Å². The lowest BCUT2D eigenvalue weighted by Crippen LogP contribution is -2.15. The van der Waals surface area contributed by atoms with Crippen molar-refractivity contribution in [2.24, 2.45) is 0 Å². The summed E-state index contributed by atoms with van der Waals surface area (Å²) < 4.78 is 69.8. The molecular formula is C8H19F2O5P3S3. The molecule has 0 saturated carbocycles. The van der Waals surface area contributed by atoms with Gasteiger partial charge in [-0.15, -0.1) is 0 Å². The molecule has 128 valence electrons. The van der Waals surface area contributed by atoms with Crippen molar-refractivity contribution in [3.05, 3.63) is 0 Å². The van der Waals surface area contributed by atoms with Crippen LogP contribution < -0.4 is 0 Å². The minimum absolute atomic E-state index is 0.0273. The Morgan fingerprint density at radius 1 is 1.00 bits per heavy atom. The molecule has 0 fully saturated rings. The van der Waals surface area contributed by atoms with Gasteiger partial charge in [-0.25, -0.2) is 0 Å². The summed E-state index contributed by atoms with van der Waals surface area (Å²) in [6, 6.07) is 0. The van der Waals surface area contributed by atoms with Gasteiger partial charge < -0.3 is 4.89 Å². The topological polar surface area (TPSA) is 80.7 Å². The summed E-state index contributed by atoms with van der Waals surface area (Å²) >= 11 is 1.14. The van der Waals surface area contributed by atoms with Crippen LogP contribution in [0.2, 0.25) is 0 Å². The molecular weight excluding hydrogens is 403 g/mol. The van der Waals surface area contributed by atoms with Crippen molar-refractivity contribution in [2.45, 2.75) is 26.2 Å². The first-order valence-electron chi connectivity index (χ1n) is 5.92. The molecule has 0 radical (unpaired) electrons. The minimum Gasteiger partial charge on any atom is -0.332 e. The predicted octanol–water partition coefficient (Wildman–Crippen LogP) is 6.01. The highest BCUT2D eigenvalue weighted by Gasteiger charge is 2.66. The van der Waals surface area contributed by atoms with Crippen LogP contribution in [0.15, 0.2) is 0 Å². The molecule has 0 heterocycles. The highest BCUT2D eigenvalue weighted by molar-refractivity contribution is 8.65. The van der Waals surface area contributed by atoms with Gasteiger partial charge in [0.1, 0.15) is 0 Å². The van der Waals surface area contributed by atoms with Gasteiger partial charge in [-0.2, -0.15) is 8.78 Å². The number of rotatable bonds is 10. The normalized spacial score (nSPS) is 21.3. The van der Waals surface area contributed by atoms with Gasteiger partial charge in [0.15, 0.2) is 0 Å². The Hall–Kier alpha value is 1.52. The van der Waals surface area contributed by atoms with Crippen LogP contribution in [-0.2, 0) is 18.0 Å². The Balaban J connectivity index is 5.70. The van der Waals surface area contributed by atoms with Crippen LogP contribution >= 0.6 is 53.9 Å². The quantitative estimate of drug-likeness (QED) is 0.429. The van der Waals surface area contributed by atoms with E-state index in [1.54, 1.807) is 6.92 Å². The lowest BCUT2D eigenvalue weighted by atomic mass is 11.0. The molecule has 0 rings (SSSR count). The first-order valence-corrected chi connectivity index (χ1v) is 16.0. The van der Waals surface area contributed by atoms with Gasteiger partial charge in [0.2, 0.25) is 0 Å². The molecule has 21 heavy (non-hydrogen) atoms. The molecule has 0 aromatic rings. The van der Waals surface area contributed by atoms with Crippen LogP contribution in [0.3, 0.4) is 0 Å². The molecule has 3 unspecified atom stereocenters. The van der Waals surface area contributed by atoms with Crippen molar-refractivity contribution in [1.29, 1.82) is 0 Å². The average molecular weight is 422 g/mol. The molecule has 5 nitrogen and oxygen atoms in total. The monoisotopic (exact) mass is 422 g/mol. The third kappa shape index (κ3) is 5.82. The van der Waals surface area contributed by atoms with Crippen molar-refractivity contribution in [3.8, 4) is 0 Å². The third-order valence-electron chi connectivity index (χ3n) is 1.89. The molecule has 0 aromatic carbocycles. The molecule has 0 saturated heterocycles. The third-order valence-corrected chi connectivity index (χ3v) is 18.0. The van der Waals surface area contributed by atoms with E-state index in [1.165, 1.54) is 13.8 Å². The Bertz CT molecular complexity index is 490. The van der Waals surface area contributed by atoms with E-state index < -0.39 is 25.1 Å². The highest BCUT2D eigenvalue weighted by atomic mass is 32.8. The summed E-state index contributed by atoms with van der Waals surface area (Å²) in [5.74, 6) is 0.241. The number of halogens is 2. The van der Waals surface area contributed by atoms with E-state index in [0.29, 0.717) is 5.75 Å². The molecule has 0 aliphatic heterocycles. The fourth-order valence-corrected chi connectivity index (χ4v) is 17.6. The maximum absolute atomic E-state index is 14.3. The second kappa shape index (κ2) is 8.57. The van der Waals surface area contributed by atoms with Crippen molar-refractivity contribution >= 4 is 53.9 Å². The second-order valence-electron chi connectivity index (χ2n) is 3.63. The molecule has 0 aliphatic carbocycles. The van der Waals surface area contributed by atoms with Gasteiger partial charge in [-0.3, -0.25) is 18.0 Å². The Labute approximate surface area is 135 Å². The van der Waals surface area contributed by atoms with E-state index in [1.807, 2.05) is 0 Å². The van der Waals surface area contributed by atoms with E-state index in [9.17, 15) is 27.4 Å². The fourth-order valence-electron chi connectivity index (χ4n) is 1.18. The first kappa shape index (κ1) is 22.5. The summed E-state index contributed by atoms with van der Waals surface area (Å²) in [6.07, 6.45) is 0. The zero-order valence-electron chi connectivity index (χ0n) is 12.0. The number of hydrogen-bond acceptors (Lipinski definition) is 7. The van der Waals surface area contributed by atoms with Crippen molar-refractivity contribution in [3.63, 3.8) is 0 Å². The van der Waals surface area contributed by atoms with Crippen molar-refractivity contribution < 1.29 is 31.7 Å². The predicted molar refractivity (Wildman–Crippen MR) is 91.4 cm³/mol. The smallest absolute Gasteiger partial charge is 0.332 e. The van der Waals surface area contributed by atoms with E-state index in [0.717, 1.165) is 18.0 Å². The molecule has 0 bridgehead atoms. The number of hydrogen-bond donors (Lipinski definition) is 1. The van der Waals surface area contributed by atoms with Crippen LogP contribution in [0.4, 0.5) is 8.78 Å².